The number of carbonyl (C=O) groups is 1. The van der Waals surface area contributed by atoms with Crippen LogP contribution in [0.15, 0.2) is 46.5 Å². The van der Waals surface area contributed by atoms with Crippen LogP contribution < -0.4 is 5.32 Å². The van der Waals surface area contributed by atoms with Gasteiger partial charge in [-0.1, -0.05) is 37.7 Å². The van der Waals surface area contributed by atoms with Crippen molar-refractivity contribution in [3.8, 4) is 0 Å². The van der Waals surface area contributed by atoms with E-state index in [1.54, 1.807) is 18.2 Å². The highest BCUT2D eigenvalue weighted by atomic mass is 32.2. The molecule has 32 heavy (non-hydrogen) atoms. The van der Waals surface area contributed by atoms with Gasteiger partial charge >= 0.3 is 0 Å². The van der Waals surface area contributed by atoms with Gasteiger partial charge in [0.1, 0.15) is 0 Å². The number of rotatable bonds is 9. The summed E-state index contributed by atoms with van der Waals surface area (Å²) in [6.07, 6.45) is 0. The number of thioether (sulfide) groups is 1. The fraction of sp³-hybridized carbons (Fsp3) is 0.391. The lowest BCUT2D eigenvalue weighted by Crippen LogP contribution is -2.30. The van der Waals surface area contributed by atoms with Gasteiger partial charge in [0.05, 0.1) is 21.7 Å². The summed E-state index contributed by atoms with van der Waals surface area (Å²) in [5.74, 6) is 0.101. The topological polar surface area (TPSA) is 84.3 Å². The minimum absolute atomic E-state index is 0.108. The molecule has 0 spiro atoms. The van der Waals surface area contributed by atoms with E-state index in [2.05, 4.69) is 10.3 Å². The Morgan fingerprint density at radius 3 is 2.50 bits per heavy atom. The molecule has 3 rings (SSSR count). The zero-order chi connectivity index (χ0) is 23.5. The van der Waals surface area contributed by atoms with Gasteiger partial charge in [0.15, 0.2) is 5.16 Å². The molecule has 1 amide bonds. The third kappa shape index (κ3) is 4.84. The lowest BCUT2D eigenvalue weighted by Gasteiger charge is -2.18. The maximum absolute atomic E-state index is 12.9. The first kappa shape index (κ1) is 24.3. The lowest BCUT2D eigenvalue weighted by molar-refractivity contribution is -0.113. The van der Waals surface area contributed by atoms with Gasteiger partial charge in [-0.05, 0) is 56.2 Å². The number of aryl methyl sites for hydroxylation is 2. The van der Waals surface area contributed by atoms with E-state index in [1.165, 1.54) is 16.1 Å². The molecule has 0 radical (unpaired) electrons. The third-order valence-corrected chi connectivity index (χ3v) is 8.58. The van der Waals surface area contributed by atoms with Crippen LogP contribution in [0.4, 0.5) is 5.69 Å². The zero-order valence-electron chi connectivity index (χ0n) is 19.2. The standard InChI is InChI=1S/C23H30N4O3S2/c1-6-26(7-2)32(29,30)18-12-13-21-20(14-18)25-23(27(21)8-3)31-15-22(28)24-19-11-9-10-16(4)17(19)5/h9-14H,6-8,15H2,1-5H3,(H,24,28). The van der Waals surface area contributed by atoms with Crippen molar-refractivity contribution in [1.29, 1.82) is 0 Å². The molecule has 2 aromatic carbocycles. The van der Waals surface area contributed by atoms with Crippen molar-refractivity contribution in [2.24, 2.45) is 0 Å². The van der Waals surface area contributed by atoms with E-state index in [4.69, 9.17) is 0 Å². The van der Waals surface area contributed by atoms with Crippen molar-refractivity contribution < 1.29 is 13.2 Å². The number of anilines is 1. The molecule has 0 saturated carbocycles. The molecule has 0 atom stereocenters. The maximum Gasteiger partial charge on any atom is 0.243 e. The summed E-state index contributed by atoms with van der Waals surface area (Å²) >= 11 is 1.34. The average Bonchev–Trinajstić information content (AvgIpc) is 3.13. The van der Waals surface area contributed by atoms with E-state index in [-0.39, 0.29) is 16.6 Å². The molecule has 0 aliphatic rings. The molecule has 0 saturated heterocycles. The maximum atomic E-state index is 12.9. The SMILES string of the molecule is CCN(CC)S(=O)(=O)c1ccc2c(c1)nc(SCC(=O)Nc1cccc(C)c1C)n2CC. The summed E-state index contributed by atoms with van der Waals surface area (Å²) in [6.45, 7) is 11.1. The summed E-state index contributed by atoms with van der Waals surface area (Å²) in [5, 5.41) is 3.66. The first-order chi connectivity index (χ1) is 15.2. The molecular formula is C23H30N4O3S2. The Balaban J connectivity index is 1.82. The summed E-state index contributed by atoms with van der Waals surface area (Å²) in [6, 6.07) is 10.9. The summed E-state index contributed by atoms with van der Waals surface area (Å²) < 4.78 is 29.2. The van der Waals surface area contributed by atoms with Crippen LogP contribution in [0.2, 0.25) is 0 Å². The number of imidazole rings is 1. The van der Waals surface area contributed by atoms with Crippen LogP contribution in [-0.4, -0.2) is 47.0 Å². The van der Waals surface area contributed by atoms with Gasteiger partial charge in [0.25, 0.3) is 0 Å². The molecule has 3 aromatic rings. The van der Waals surface area contributed by atoms with Gasteiger partial charge in [-0.3, -0.25) is 4.79 Å². The molecule has 0 fully saturated rings. The van der Waals surface area contributed by atoms with Crippen LogP contribution in [0.5, 0.6) is 0 Å². The number of carbonyl (C=O) groups excluding carboxylic acids is 1. The molecule has 0 aliphatic carbocycles. The van der Waals surface area contributed by atoms with Crippen molar-refractivity contribution in [3.63, 3.8) is 0 Å². The Kier molecular flexibility index (Phi) is 7.63. The van der Waals surface area contributed by atoms with Gasteiger partial charge in [-0.25, -0.2) is 13.4 Å². The smallest absolute Gasteiger partial charge is 0.243 e. The van der Waals surface area contributed by atoms with Crippen molar-refractivity contribution >= 4 is 44.4 Å². The Morgan fingerprint density at radius 2 is 1.84 bits per heavy atom. The number of sulfonamides is 1. The summed E-state index contributed by atoms with van der Waals surface area (Å²) in [5.41, 5.74) is 4.44. The molecule has 172 valence electrons. The minimum atomic E-state index is -3.56. The fourth-order valence-electron chi connectivity index (χ4n) is 3.58. The monoisotopic (exact) mass is 474 g/mol. The number of hydrogen-bond donors (Lipinski definition) is 1. The van der Waals surface area contributed by atoms with E-state index in [9.17, 15) is 13.2 Å². The highest BCUT2D eigenvalue weighted by molar-refractivity contribution is 7.99. The molecule has 7 nitrogen and oxygen atoms in total. The van der Waals surface area contributed by atoms with E-state index in [1.807, 2.05) is 57.4 Å². The van der Waals surface area contributed by atoms with Crippen molar-refractivity contribution in [3.05, 3.63) is 47.5 Å². The quantitative estimate of drug-likeness (QED) is 0.464. The molecule has 1 N–H and O–H groups in total. The molecule has 0 unspecified atom stereocenters. The Bertz CT molecular complexity index is 1230. The highest BCUT2D eigenvalue weighted by Gasteiger charge is 2.23. The summed E-state index contributed by atoms with van der Waals surface area (Å²) in [4.78, 5) is 17.4. The van der Waals surface area contributed by atoms with Crippen LogP contribution in [0.3, 0.4) is 0 Å². The second-order valence-electron chi connectivity index (χ2n) is 7.46. The first-order valence-corrected chi connectivity index (χ1v) is 13.1. The van der Waals surface area contributed by atoms with Gasteiger partial charge in [-0.2, -0.15) is 4.31 Å². The van der Waals surface area contributed by atoms with E-state index >= 15 is 0 Å². The van der Waals surface area contributed by atoms with E-state index in [0.717, 1.165) is 22.3 Å². The normalized spacial score (nSPS) is 11.9. The summed E-state index contributed by atoms with van der Waals surface area (Å²) in [7, 11) is -3.56. The largest absolute Gasteiger partial charge is 0.325 e. The minimum Gasteiger partial charge on any atom is -0.325 e. The van der Waals surface area contributed by atoms with Crippen molar-refractivity contribution in [2.75, 3.05) is 24.2 Å². The predicted octanol–water partition coefficient (Wildman–Crippen LogP) is 4.43. The zero-order valence-corrected chi connectivity index (χ0v) is 20.8. The Labute approximate surface area is 194 Å². The van der Waals surface area contributed by atoms with Crippen LogP contribution >= 0.6 is 11.8 Å². The number of benzene rings is 2. The van der Waals surface area contributed by atoms with Crippen molar-refractivity contribution in [2.45, 2.75) is 51.2 Å². The molecule has 0 bridgehead atoms. The first-order valence-electron chi connectivity index (χ1n) is 10.7. The fourth-order valence-corrected chi connectivity index (χ4v) is 5.94. The third-order valence-electron chi connectivity index (χ3n) is 5.56. The predicted molar refractivity (Wildman–Crippen MR) is 131 cm³/mol. The van der Waals surface area contributed by atoms with Gasteiger partial charge in [0.2, 0.25) is 15.9 Å². The number of nitrogens with one attached hydrogen (secondary N) is 1. The molecule has 0 aliphatic heterocycles. The van der Waals surface area contributed by atoms with E-state index in [0.29, 0.717) is 30.3 Å². The second-order valence-corrected chi connectivity index (χ2v) is 10.3. The average molecular weight is 475 g/mol. The van der Waals surface area contributed by atoms with Crippen LogP contribution in [-0.2, 0) is 21.4 Å². The number of aromatic nitrogens is 2. The molecular weight excluding hydrogens is 444 g/mol. The number of amides is 1. The van der Waals surface area contributed by atoms with Crippen molar-refractivity contribution in [1.82, 2.24) is 13.9 Å². The van der Waals surface area contributed by atoms with Crippen LogP contribution in [0, 0.1) is 13.8 Å². The highest BCUT2D eigenvalue weighted by Crippen LogP contribution is 2.27. The second kappa shape index (κ2) is 10.1. The number of nitrogens with zero attached hydrogens (tertiary/aromatic N) is 3. The van der Waals surface area contributed by atoms with Gasteiger partial charge < -0.3 is 9.88 Å². The van der Waals surface area contributed by atoms with Gasteiger partial charge in [0, 0.05) is 25.3 Å². The van der Waals surface area contributed by atoms with Crippen LogP contribution in [0.1, 0.15) is 31.9 Å². The lowest BCUT2D eigenvalue weighted by atomic mass is 10.1. The van der Waals surface area contributed by atoms with Gasteiger partial charge in [-0.15, -0.1) is 0 Å². The Hall–Kier alpha value is -2.36. The Morgan fingerprint density at radius 1 is 1.12 bits per heavy atom. The number of fused-ring (bicyclic) bond motifs is 1. The van der Waals surface area contributed by atoms with E-state index < -0.39 is 10.0 Å². The molecule has 1 aromatic heterocycles. The molecule has 1 heterocycles. The number of hydrogen-bond acceptors (Lipinski definition) is 5. The van der Waals surface area contributed by atoms with Crippen LogP contribution in [0.25, 0.3) is 11.0 Å². The molecule has 9 heteroatoms.